The van der Waals surface area contributed by atoms with Crippen LogP contribution in [0, 0.1) is 18.8 Å². The van der Waals surface area contributed by atoms with E-state index in [9.17, 15) is 4.79 Å². The number of carbonyl (C=O) groups excluding carboxylic acids is 1. The van der Waals surface area contributed by atoms with Crippen LogP contribution in [0.4, 0.5) is 0 Å². The Labute approximate surface area is 216 Å². The predicted molar refractivity (Wildman–Crippen MR) is 145 cm³/mol. The summed E-state index contributed by atoms with van der Waals surface area (Å²) in [5.41, 5.74) is 1.13. The fourth-order valence-electron chi connectivity index (χ4n) is 3.53. The number of aryl methyl sites for hydroxylation is 1. The van der Waals surface area contributed by atoms with Crippen LogP contribution < -0.4 is 4.74 Å². The fraction of sp³-hybridized carbons (Fsp3) is 0.156. The van der Waals surface area contributed by atoms with Gasteiger partial charge in [-0.1, -0.05) is 65.9 Å². The van der Waals surface area contributed by atoms with Crippen molar-refractivity contribution in [2.75, 3.05) is 6.61 Å². The van der Waals surface area contributed by atoms with Gasteiger partial charge < -0.3 is 9.47 Å². The highest BCUT2D eigenvalue weighted by Gasteiger charge is 2.28. The fourth-order valence-corrected chi connectivity index (χ4v) is 5.62. The summed E-state index contributed by atoms with van der Waals surface area (Å²) in [6.45, 7) is 5.39. The average Bonchev–Trinajstić information content (AvgIpc) is 2.89. The number of hydrogen-bond acceptors (Lipinski definition) is 3. The SMILES string of the molecule is Cc1ccc(C#CC(C)(C)OC(=O)COc2ccc([S+](c3ccccc3)c3ccccc3)cc2)cc1. The monoisotopic (exact) mass is 493 g/mol. The van der Waals surface area contributed by atoms with Gasteiger partial charge in [-0.3, -0.25) is 0 Å². The second kappa shape index (κ2) is 11.7. The van der Waals surface area contributed by atoms with Gasteiger partial charge in [0.05, 0.1) is 10.9 Å². The first-order valence-corrected chi connectivity index (χ1v) is 13.0. The largest absolute Gasteiger partial charge is 0.482 e. The van der Waals surface area contributed by atoms with Crippen molar-refractivity contribution in [3.05, 3.63) is 120 Å². The molecule has 4 rings (SSSR count). The summed E-state index contributed by atoms with van der Waals surface area (Å²) in [7, 11) is -0.231. The Balaban J connectivity index is 1.39. The van der Waals surface area contributed by atoms with Crippen LogP contribution in [0.2, 0.25) is 0 Å². The van der Waals surface area contributed by atoms with Gasteiger partial charge in [0.25, 0.3) is 0 Å². The molecule has 4 aromatic carbocycles. The van der Waals surface area contributed by atoms with E-state index < -0.39 is 11.6 Å². The molecule has 0 spiro atoms. The highest BCUT2D eigenvalue weighted by Crippen LogP contribution is 2.31. The van der Waals surface area contributed by atoms with Gasteiger partial charge in [-0.15, -0.1) is 0 Å². The van der Waals surface area contributed by atoms with Crippen LogP contribution in [0.25, 0.3) is 0 Å². The first-order valence-electron chi connectivity index (χ1n) is 11.8. The molecule has 0 bridgehead atoms. The first kappa shape index (κ1) is 25.2. The average molecular weight is 494 g/mol. The van der Waals surface area contributed by atoms with E-state index >= 15 is 0 Å². The highest BCUT2D eigenvalue weighted by molar-refractivity contribution is 7.97. The lowest BCUT2D eigenvalue weighted by Gasteiger charge is -2.19. The lowest BCUT2D eigenvalue weighted by molar-refractivity contribution is -0.154. The number of hydrogen-bond donors (Lipinski definition) is 0. The quantitative estimate of drug-likeness (QED) is 0.161. The van der Waals surface area contributed by atoms with Gasteiger partial charge >= 0.3 is 5.97 Å². The van der Waals surface area contributed by atoms with E-state index in [1.165, 1.54) is 20.2 Å². The third-order valence-corrected chi connectivity index (χ3v) is 7.53. The van der Waals surface area contributed by atoms with Gasteiger partial charge in [0.2, 0.25) is 0 Å². The Morgan fingerprint density at radius 3 is 1.83 bits per heavy atom. The second-order valence-corrected chi connectivity index (χ2v) is 10.8. The normalized spacial score (nSPS) is 10.9. The molecule has 0 atom stereocenters. The Hall–Kier alpha value is -3.94. The number of rotatable bonds is 7. The van der Waals surface area contributed by atoms with Crippen molar-refractivity contribution in [1.29, 1.82) is 0 Å². The van der Waals surface area contributed by atoms with Gasteiger partial charge in [0.1, 0.15) is 5.75 Å². The molecule has 180 valence electrons. The summed E-state index contributed by atoms with van der Waals surface area (Å²) in [4.78, 5) is 16.1. The molecule has 0 aliphatic heterocycles. The van der Waals surface area contributed by atoms with Crippen molar-refractivity contribution >= 4 is 16.9 Å². The summed E-state index contributed by atoms with van der Waals surface area (Å²) < 4.78 is 11.3. The van der Waals surface area contributed by atoms with E-state index in [1.807, 2.05) is 55.5 Å². The second-order valence-electron chi connectivity index (χ2n) is 8.79. The van der Waals surface area contributed by atoms with Gasteiger partial charge in [0, 0.05) is 5.56 Å². The maximum atomic E-state index is 12.4. The molecule has 0 saturated carbocycles. The molecule has 0 aromatic heterocycles. The number of carbonyl (C=O) groups is 1. The number of benzene rings is 4. The maximum absolute atomic E-state index is 12.4. The smallest absolute Gasteiger partial charge is 0.345 e. The highest BCUT2D eigenvalue weighted by atomic mass is 32.2. The van der Waals surface area contributed by atoms with Gasteiger partial charge in [-0.2, -0.15) is 0 Å². The molecule has 4 heteroatoms. The molecule has 0 unspecified atom stereocenters. The molecule has 0 aliphatic carbocycles. The van der Waals surface area contributed by atoms with Gasteiger partial charge in [0.15, 0.2) is 26.9 Å². The van der Waals surface area contributed by atoms with E-state index in [-0.39, 0.29) is 17.5 Å². The zero-order chi connectivity index (χ0) is 25.4. The molecule has 0 N–H and O–H groups in total. The molecule has 36 heavy (non-hydrogen) atoms. The molecule has 0 aliphatic rings. The molecule has 0 heterocycles. The minimum absolute atomic E-state index is 0.182. The zero-order valence-corrected chi connectivity index (χ0v) is 21.5. The van der Waals surface area contributed by atoms with Gasteiger partial charge in [-0.05, 0) is 81.4 Å². The first-order chi connectivity index (χ1) is 17.4. The van der Waals surface area contributed by atoms with E-state index in [1.54, 1.807) is 13.8 Å². The maximum Gasteiger partial charge on any atom is 0.345 e. The van der Waals surface area contributed by atoms with Crippen LogP contribution in [0.3, 0.4) is 0 Å². The molecular weight excluding hydrogens is 464 g/mol. The molecular formula is C32H29O3S+. The lowest BCUT2D eigenvalue weighted by Crippen LogP contribution is -2.29. The standard InChI is InChI=1S/C32H29O3S/c1-25-14-16-26(17-15-25)22-23-32(2,3)35-31(33)24-34-27-18-20-30(21-19-27)36(28-10-6-4-7-11-28)29-12-8-5-9-13-29/h4-21H,24H2,1-3H3/q+1. The molecule has 4 aromatic rings. The van der Waals surface area contributed by atoms with Crippen LogP contribution >= 0.6 is 0 Å². The lowest BCUT2D eigenvalue weighted by atomic mass is 10.1. The molecule has 3 nitrogen and oxygen atoms in total. The number of esters is 1. The van der Waals surface area contributed by atoms with Crippen LogP contribution in [0.1, 0.15) is 25.0 Å². The topological polar surface area (TPSA) is 35.5 Å². The third-order valence-electron chi connectivity index (χ3n) is 5.30. The summed E-state index contributed by atoms with van der Waals surface area (Å²) in [6.07, 6.45) is 0. The Kier molecular flexibility index (Phi) is 8.15. The molecule has 0 radical (unpaired) electrons. The Bertz CT molecular complexity index is 1290. The minimum atomic E-state index is -0.922. The Morgan fingerprint density at radius 1 is 0.750 bits per heavy atom. The van der Waals surface area contributed by atoms with Crippen molar-refractivity contribution in [3.63, 3.8) is 0 Å². The van der Waals surface area contributed by atoms with E-state index in [0.717, 1.165) is 5.56 Å². The van der Waals surface area contributed by atoms with Crippen LogP contribution in [-0.4, -0.2) is 18.2 Å². The molecule has 0 fully saturated rings. The van der Waals surface area contributed by atoms with Crippen molar-refractivity contribution in [1.82, 2.24) is 0 Å². The van der Waals surface area contributed by atoms with Crippen LogP contribution in [0.5, 0.6) is 5.75 Å². The van der Waals surface area contributed by atoms with Crippen molar-refractivity contribution in [2.24, 2.45) is 0 Å². The zero-order valence-electron chi connectivity index (χ0n) is 20.7. The molecule has 0 amide bonds. The van der Waals surface area contributed by atoms with E-state index in [4.69, 9.17) is 9.47 Å². The van der Waals surface area contributed by atoms with Crippen molar-refractivity contribution < 1.29 is 14.3 Å². The van der Waals surface area contributed by atoms with Crippen molar-refractivity contribution in [2.45, 2.75) is 41.1 Å². The Morgan fingerprint density at radius 2 is 1.28 bits per heavy atom. The van der Waals surface area contributed by atoms with E-state index in [0.29, 0.717) is 5.75 Å². The van der Waals surface area contributed by atoms with Gasteiger partial charge in [-0.25, -0.2) is 4.79 Å². The van der Waals surface area contributed by atoms with Crippen molar-refractivity contribution in [3.8, 4) is 17.6 Å². The van der Waals surface area contributed by atoms with E-state index in [2.05, 4.69) is 72.5 Å². The summed E-state index contributed by atoms with van der Waals surface area (Å²) in [5, 5.41) is 0. The summed E-state index contributed by atoms with van der Waals surface area (Å²) >= 11 is 0. The summed E-state index contributed by atoms with van der Waals surface area (Å²) in [6, 6.07) is 36.7. The molecule has 0 saturated heterocycles. The van der Waals surface area contributed by atoms with Crippen LogP contribution in [-0.2, 0) is 20.4 Å². The minimum Gasteiger partial charge on any atom is -0.482 e. The third kappa shape index (κ3) is 7.04. The van der Waals surface area contributed by atoms with Crippen LogP contribution in [0.15, 0.2) is 124 Å². The summed E-state index contributed by atoms with van der Waals surface area (Å²) in [5.74, 6) is 6.25. The number of ether oxygens (including phenoxy) is 2. The predicted octanol–water partition coefficient (Wildman–Crippen LogP) is 6.84.